The molecule has 2 aromatic carbocycles. The first-order valence-electron chi connectivity index (χ1n) is 9.78. The Morgan fingerprint density at radius 1 is 1.07 bits per heavy atom. The molecule has 1 heterocycles. The van der Waals surface area contributed by atoms with Crippen molar-refractivity contribution in [1.29, 1.82) is 0 Å². The molecule has 2 atom stereocenters. The number of hydrogen-bond acceptors (Lipinski definition) is 3. The Labute approximate surface area is 174 Å². The van der Waals surface area contributed by atoms with E-state index in [9.17, 15) is 4.79 Å². The van der Waals surface area contributed by atoms with Gasteiger partial charge < -0.3 is 11.1 Å². The van der Waals surface area contributed by atoms with E-state index in [4.69, 9.17) is 5.73 Å². The minimum atomic E-state index is -0.188. The van der Waals surface area contributed by atoms with Crippen molar-refractivity contribution in [3.63, 3.8) is 0 Å². The van der Waals surface area contributed by atoms with Gasteiger partial charge in [0.1, 0.15) is 0 Å². The van der Waals surface area contributed by atoms with Gasteiger partial charge in [-0.2, -0.15) is 0 Å². The molecule has 152 valence electrons. The largest absolute Gasteiger partial charge is 0.344 e. The van der Waals surface area contributed by atoms with Crippen LogP contribution in [0.15, 0.2) is 60.7 Å². The maximum Gasteiger partial charge on any atom is 0.237 e. The average molecular weight is 402 g/mol. The molecule has 0 aliphatic carbocycles. The lowest BCUT2D eigenvalue weighted by molar-refractivity contribution is -0.127. The Hall–Kier alpha value is -1.88. The number of nitrogens with one attached hydrogen (secondary N) is 1. The van der Waals surface area contributed by atoms with E-state index in [-0.39, 0.29) is 41.9 Å². The predicted octanol–water partition coefficient (Wildman–Crippen LogP) is 3.76. The molecule has 4 nitrogen and oxygen atoms in total. The molecule has 3 rings (SSSR count). The second kappa shape index (κ2) is 9.55. The van der Waals surface area contributed by atoms with Gasteiger partial charge in [-0.3, -0.25) is 9.69 Å². The molecule has 0 aromatic heterocycles. The van der Waals surface area contributed by atoms with Crippen LogP contribution in [0.3, 0.4) is 0 Å². The third-order valence-corrected chi connectivity index (χ3v) is 5.82. The number of hydrogen-bond donors (Lipinski definition) is 2. The summed E-state index contributed by atoms with van der Waals surface area (Å²) in [5.74, 6) is 0.0546. The molecule has 1 saturated heterocycles. The summed E-state index contributed by atoms with van der Waals surface area (Å²) in [5.41, 5.74) is 8.45. The van der Waals surface area contributed by atoms with Gasteiger partial charge in [-0.25, -0.2) is 0 Å². The van der Waals surface area contributed by atoms with E-state index in [2.05, 4.69) is 48.3 Å². The topological polar surface area (TPSA) is 58.4 Å². The van der Waals surface area contributed by atoms with E-state index in [0.29, 0.717) is 0 Å². The molecule has 28 heavy (non-hydrogen) atoms. The van der Waals surface area contributed by atoms with Crippen LogP contribution in [0.2, 0.25) is 0 Å². The Balaban J connectivity index is 0.00000280. The quantitative estimate of drug-likeness (QED) is 0.801. The monoisotopic (exact) mass is 401 g/mol. The summed E-state index contributed by atoms with van der Waals surface area (Å²) in [6.07, 6.45) is 0.922. The van der Waals surface area contributed by atoms with Gasteiger partial charge in [0.05, 0.1) is 12.1 Å². The number of likely N-dealkylation sites (tertiary alicyclic amines) is 1. The van der Waals surface area contributed by atoms with Crippen LogP contribution in [0.4, 0.5) is 0 Å². The zero-order valence-corrected chi connectivity index (χ0v) is 17.8. The number of nitrogens with two attached hydrogens (primary N) is 1. The fraction of sp³-hybridized carbons (Fsp3) is 0.435. The maximum absolute atomic E-state index is 13.1. The standard InChI is InChI=1S/C23H31N3O.ClH/c1-17(26-15-14-20(24)23(2,3)16-26)22(27)25-21(18-10-6-4-7-11-18)19-12-8-5-9-13-19;/h4-13,17,20-21H,14-16,24H2,1-3H3,(H,25,27);1H. The number of benzene rings is 2. The van der Waals surface area contributed by atoms with Crippen LogP contribution >= 0.6 is 12.4 Å². The molecule has 0 saturated carbocycles. The van der Waals surface area contributed by atoms with E-state index in [1.807, 2.05) is 43.3 Å². The lowest BCUT2D eigenvalue weighted by Gasteiger charge is -2.44. The third kappa shape index (κ3) is 5.13. The number of carbonyl (C=O) groups excluding carboxylic acids is 1. The Morgan fingerprint density at radius 3 is 2.04 bits per heavy atom. The number of nitrogens with zero attached hydrogens (tertiary/aromatic N) is 1. The van der Waals surface area contributed by atoms with Gasteiger partial charge in [-0.1, -0.05) is 74.5 Å². The lowest BCUT2D eigenvalue weighted by atomic mass is 9.79. The highest BCUT2D eigenvalue weighted by Crippen LogP contribution is 2.29. The van der Waals surface area contributed by atoms with Gasteiger partial charge >= 0.3 is 0 Å². The second-order valence-corrected chi connectivity index (χ2v) is 8.29. The van der Waals surface area contributed by atoms with Crippen molar-refractivity contribution >= 4 is 18.3 Å². The van der Waals surface area contributed by atoms with Crippen molar-refractivity contribution < 1.29 is 4.79 Å². The number of rotatable bonds is 5. The van der Waals surface area contributed by atoms with Gasteiger partial charge in [0.2, 0.25) is 5.91 Å². The second-order valence-electron chi connectivity index (χ2n) is 8.29. The van der Waals surface area contributed by atoms with Gasteiger partial charge in [-0.05, 0) is 29.9 Å². The molecule has 0 bridgehead atoms. The molecule has 1 fully saturated rings. The average Bonchev–Trinajstić information content (AvgIpc) is 2.68. The Bertz CT molecular complexity index is 711. The first-order chi connectivity index (χ1) is 12.9. The Kier molecular flexibility index (Phi) is 7.64. The van der Waals surface area contributed by atoms with Crippen LogP contribution in [0.1, 0.15) is 44.4 Å². The zero-order valence-electron chi connectivity index (χ0n) is 17.0. The van der Waals surface area contributed by atoms with Gasteiger partial charge in [0.15, 0.2) is 0 Å². The van der Waals surface area contributed by atoms with Gasteiger partial charge in [0.25, 0.3) is 0 Å². The molecular formula is C23H32ClN3O. The van der Waals surface area contributed by atoms with Crippen LogP contribution in [0.25, 0.3) is 0 Å². The SMILES string of the molecule is CC(C(=O)NC(c1ccccc1)c1ccccc1)N1CCC(N)C(C)(C)C1.Cl. The lowest BCUT2D eigenvalue weighted by Crippen LogP contribution is -2.57. The van der Waals surface area contributed by atoms with E-state index >= 15 is 0 Å². The van der Waals surface area contributed by atoms with Crippen molar-refractivity contribution in [2.45, 2.75) is 45.3 Å². The van der Waals surface area contributed by atoms with Crippen molar-refractivity contribution in [1.82, 2.24) is 10.2 Å². The number of amides is 1. The fourth-order valence-electron chi connectivity index (χ4n) is 3.82. The van der Waals surface area contributed by atoms with Crippen molar-refractivity contribution in [3.8, 4) is 0 Å². The smallest absolute Gasteiger partial charge is 0.237 e. The third-order valence-electron chi connectivity index (χ3n) is 5.82. The van der Waals surface area contributed by atoms with Crippen LogP contribution in [0.5, 0.6) is 0 Å². The van der Waals surface area contributed by atoms with Crippen molar-refractivity contribution in [2.75, 3.05) is 13.1 Å². The number of carbonyl (C=O) groups is 1. The fourth-order valence-corrected chi connectivity index (χ4v) is 3.82. The van der Waals surface area contributed by atoms with Crippen LogP contribution in [-0.2, 0) is 4.79 Å². The zero-order chi connectivity index (χ0) is 19.4. The molecule has 1 aliphatic heterocycles. The molecule has 2 aromatic rings. The first-order valence-corrected chi connectivity index (χ1v) is 9.78. The normalized spacial score (nSPS) is 20.2. The van der Waals surface area contributed by atoms with Gasteiger partial charge in [0, 0.05) is 19.1 Å². The summed E-state index contributed by atoms with van der Waals surface area (Å²) in [7, 11) is 0. The van der Waals surface area contributed by atoms with Crippen LogP contribution in [0, 0.1) is 5.41 Å². The summed E-state index contributed by atoms with van der Waals surface area (Å²) in [6, 6.07) is 20.1. The summed E-state index contributed by atoms with van der Waals surface area (Å²) < 4.78 is 0. The van der Waals surface area contributed by atoms with E-state index in [1.165, 1.54) is 0 Å². The molecule has 1 amide bonds. The van der Waals surface area contributed by atoms with E-state index < -0.39 is 0 Å². The van der Waals surface area contributed by atoms with Crippen molar-refractivity contribution in [3.05, 3.63) is 71.8 Å². The highest BCUT2D eigenvalue weighted by atomic mass is 35.5. The minimum absolute atomic E-state index is 0. The molecule has 1 aliphatic rings. The number of piperidine rings is 1. The molecule has 3 N–H and O–H groups in total. The molecule has 0 spiro atoms. The van der Waals surface area contributed by atoms with Gasteiger partial charge in [-0.15, -0.1) is 12.4 Å². The highest BCUT2D eigenvalue weighted by Gasteiger charge is 2.37. The van der Waals surface area contributed by atoms with E-state index in [0.717, 1.165) is 30.6 Å². The van der Waals surface area contributed by atoms with Crippen LogP contribution < -0.4 is 11.1 Å². The summed E-state index contributed by atoms with van der Waals surface area (Å²) in [5, 5.41) is 3.27. The first kappa shape index (κ1) is 22.4. The summed E-state index contributed by atoms with van der Waals surface area (Å²) in [4.78, 5) is 15.4. The Morgan fingerprint density at radius 2 is 1.57 bits per heavy atom. The van der Waals surface area contributed by atoms with E-state index in [1.54, 1.807) is 0 Å². The minimum Gasteiger partial charge on any atom is -0.344 e. The highest BCUT2D eigenvalue weighted by molar-refractivity contribution is 5.85. The number of halogens is 1. The van der Waals surface area contributed by atoms with Crippen LogP contribution in [-0.4, -0.2) is 36.0 Å². The van der Waals surface area contributed by atoms with Crippen molar-refractivity contribution in [2.24, 2.45) is 11.1 Å². The summed E-state index contributed by atoms with van der Waals surface area (Å²) in [6.45, 7) is 8.07. The molecule has 2 unspecified atom stereocenters. The molecule has 0 radical (unpaired) electrons. The molecular weight excluding hydrogens is 370 g/mol. The predicted molar refractivity (Wildman–Crippen MR) is 118 cm³/mol. The maximum atomic E-state index is 13.1. The summed E-state index contributed by atoms with van der Waals surface area (Å²) >= 11 is 0. The molecule has 5 heteroatoms.